The number of hydrogen-bond acceptors (Lipinski definition) is 2. The van der Waals surface area contributed by atoms with Crippen LogP contribution in [-0.2, 0) is 4.79 Å². The fourth-order valence-electron chi connectivity index (χ4n) is 0.118. The minimum Gasteiger partial charge on any atom is -0.352 e. The number of nitrogens with two attached hydrogens (primary N) is 2. The van der Waals surface area contributed by atoms with Gasteiger partial charge in [0.05, 0.1) is 0 Å². The number of aldehydes is 1. The van der Waals surface area contributed by atoms with Crippen LogP contribution in [0.25, 0.3) is 0 Å². The lowest BCUT2D eigenvalue weighted by molar-refractivity contribution is -0.107. The van der Waals surface area contributed by atoms with Gasteiger partial charge in [-0.25, -0.2) is 4.79 Å². The molecule has 0 aliphatic rings. The van der Waals surface area contributed by atoms with Crippen LogP contribution in [0.2, 0.25) is 0 Å². The summed E-state index contributed by atoms with van der Waals surface area (Å²) in [6.45, 7) is 1.98. The van der Waals surface area contributed by atoms with Crippen molar-refractivity contribution < 1.29 is 9.59 Å². The van der Waals surface area contributed by atoms with E-state index >= 15 is 0 Å². The number of rotatable bonds is 2. The van der Waals surface area contributed by atoms with Gasteiger partial charge in [0.2, 0.25) is 0 Å². The molecule has 0 rings (SSSR count). The molecule has 4 N–H and O–H groups in total. The number of primary amides is 2. The fraction of sp³-hybridized carbons (Fsp3) is 0.600. The predicted molar refractivity (Wildman–Crippen MR) is 34.7 cm³/mol. The van der Waals surface area contributed by atoms with Gasteiger partial charge >= 0.3 is 6.03 Å². The predicted octanol–water partition coefficient (Wildman–Crippen LogP) is 0.00920. The molecule has 0 fully saturated rings. The van der Waals surface area contributed by atoms with E-state index in [2.05, 4.69) is 11.5 Å². The van der Waals surface area contributed by atoms with Crippen LogP contribution >= 0.6 is 0 Å². The number of unbranched alkanes of at least 4 members (excludes halogenated alkanes) is 1. The lowest BCUT2D eigenvalue weighted by atomic mass is 10.4. The van der Waals surface area contributed by atoms with Crippen LogP contribution in [-0.4, -0.2) is 12.3 Å². The lowest BCUT2D eigenvalue weighted by Crippen LogP contribution is -2.18. The van der Waals surface area contributed by atoms with Crippen LogP contribution in [0.5, 0.6) is 0 Å². The first-order valence-corrected chi connectivity index (χ1v) is 2.63. The maximum absolute atomic E-state index is 9.40. The second-order valence-electron chi connectivity index (χ2n) is 1.36. The molecule has 0 radical (unpaired) electrons. The van der Waals surface area contributed by atoms with Crippen molar-refractivity contribution in [1.82, 2.24) is 0 Å². The quantitative estimate of drug-likeness (QED) is 0.518. The van der Waals surface area contributed by atoms with Crippen molar-refractivity contribution in [2.45, 2.75) is 19.8 Å². The first-order chi connectivity index (χ1) is 4.15. The van der Waals surface area contributed by atoms with E-state index in [4.69, 9.17) is 4.79 Å². The lowest BCUT2D eigenvalue weighted by Gasteiger charge is -1.68. The van der Waals surface area contributed by atoms with Crippen LogP contribution in [0.1, 0.15) is 19.8 Å². The molecule has 4 nitrogen and oxygen atoms in total. The second kappa shape index (κ2) is 10.0. The summed E-state index contributed by atoms with van der Waals surface area (Å²) in [5.74, 6) is 0. The van der Waals surface area contributed by atoms with Crippen molar-refractivity contribution >= 4 is 12.3 Å². The molecule has 0 aliphatic heterocycles. The maximum atomic E-state index is 9.40. The van der Waals surface area contributed by atoms with E-state index in [-0.39, 0.29) is 0 Å². The highest BCUT2D eigenvalue weighted by molar-refractivity contribution is 5.69. The summed E-state index contributed by atoms with van der Waals surface area (Å²) in [7, 11) is 0. The zero-order chi connectivity index (χ0) is 7.70. The molecule has 4 heteroatoms. The Bertz CT molecular complexity index is 79.0. The second-order valence-corrected chi connectivity index (χ2v) is 1.36. The van der Waals surface area contributed by atoms with Crippen molar-refractivity contribution in [2.24, 2.45) is 11.5 Å². The van der Waals surface area contributed by atoms with Crippen LogP contribution < -0.4 is 11.5 Å². The average Bonchev–Trinajstić information content (AvgIpc) is 1.66. The molecular formula is C5H12N2O2. The summed E-state index contributed by atoms with van der Waals surface area (Å²) in [5.41, 5.74) is 8.50. The Morgan fingerprint density at radius 3 is 1.89 bits per heavy atom. The highest BCUT2D eigenvalue weighted by Crippen LogP contribution is 1.74. The van der Waals surface area contributed by atoms with Gasteiger partial charge in [-0.2, -0.15) is 0 Å². The van der Waals surface area contributed by atoms with Gasteiger partial charge < -0.3 is 16.3 Å². The van der Waals surface area contributed by atoms with Gasteiger partial charge in [0.1, 0.15) is 6.29 Å². The summed E-state index contributed by atoms with van der Waals surface area (Å²) >= 11 is 0. The topological polar surface area (TPSA) is 86.2 Å². The molecule has 0 aromatic carbocycles. The average molecular weight is 132 g/mol. The number of carbonyl (C=O) groups is 2. The Labute approximate surface area is 54.2 Å². The van der Waals surface area contributed by atoms with Crippen LogP contribution in [0.15, 0.2) is 0 Å². The minimum atomic E-state index is -0.833. The van der Waals surface area contributed by atoms with Gasteiger partial charge in [-0.3, -0.25) is 0 Å². The van der Waals surface area contributed by atoms with E-state index in [1.807, 2.05) is 6.92 Å². The molecule has 0 aliphatic carbocycles. The van der Waals surface area contributed by atoms with Gasteiger partial charge in [-0.05, 0) is 6.42 Å². The zero-order valence-corrected chi connectivity index (χ0v) is 5.46. The van der Waals surface area contributed by atoms with E-state index in [0.29, 0.717) is 6.42 Å². The first kappa shape index (κ1) is 10.8. The van der Waals surface area contributed by atoms with E-state index in [1.165, 1.54) is 0 Å². The Morgan fingerprint density at radius 2 is 1.89 bits per heavy atom. The van der Waals surface area contributed by atoms with Gasteiger partial charge in [0.15, 0.2) is 0 Å². The van der Waals surface area contributed by atoms with Gasteiger partial charge in [0.25, 0.3) is 0 Å². The van der Waals surface area contributed by atoms with Crippen LogP contribution in [0.4, 0.5) is 4.79 Å². The molecular weight excluding hydrogens is 120 g/mol. The molecule has 0 heterocycles. The first-order valence-electron chi connectivity index (χ1n) is 2.63. The van der Waals surface area contributed by atoms with Crippen molar-refractivity contribution in [3.63, 3.8) is 0 Å². The molecule has 9 heavy (non-hydrogen) atoms. The fourth-order valence-corrected chi connectivity index (χ4v) is 0.118. The third-order valence-electron chi connectivity index (χ3n) is 0.407. The largest absolute Gasteiger partial charge is 0.352 e. The number of amides is 2. The third-order valence-corrected chi connectivity index (χ3v) is 0.407. The molecule has 0 aromatic rings. The van der Waals surface area contributed by atoms with Crippen molar-refractivity contribution in [3.05, 3.63) is 0 Å². The third kappa shape index (κ3) is 192. The van der Waals surface area contributed by atoms with Gasteiger partial charge in [0, 0.05) is 6.42 Å². The zero-order valence-electron chi connectivity index (χ0n) is 5.46. The standard InChI is InChI=1S/C4H8O.CH4N2O/c1-2-3-4-5;2-1(3)4/h4H,2-3H2,1H3;(H4,2,3,4). The number of urea groups is 1. The van der Waals surface area contributed by atoms with E-state index in [0.717, 1.165) is 12.7 Å². The van der Waals surface area contributed by atoms with Crippen LogP contribution in [0, 0.1) is 0 Å². The normalized spacial score (nSPS) is 6.78. The van der Waals surface area contributed by atoms with E-state index in [9.17, 15) is 4.79 Å². The SMILES string of the molecule is CCCC=O.NC(N)=O. The smallest absolute Gasteiger partial charge is 0.309 e. The van der Waals surface area contributed by atoms with Crippen molar-refractivity contribution in [2.75, 3.05) is 0 Å². The molecule has 0 saturated heterocycles. The Morgan fingerprint density at radius 1 is 1.56 bits per heavy atom. The molecule has 54 valence electrons. The summed E-state index contributed by atoms with van der Waals surface area (Å²) in [6, 6.07) is -0.833. The Kier molecular flexibility index (Phi) is 12.1. The minimum absolute atomic E-state index is 0.708. The summed E-state index contributed by atoms with van der Waals surface area (Å²) in [6.07, 6.45) is 2.61. The number of hydrogen-bond donors (Lipinski definition) is 2. The molecule has 0 saturated carbocycles. The molecule has 0 spiro atoms. The van der Waals surface area contributed by atoms with Gasteiger partial charge in [-0.15, -0.1) is 0 Å². The molecule has 2 amide bonds. The highest BCUT2D eigenvalue weighted by Gasteiger charge is 1.66. The molecule has 0 atom stereocenters. The van der Waals surface area contributed by atoms with Crippen molar-refractivity contribution in [3.8, 4) is 0 Å². The molecule has 0 aromatic heterocycles. The number of carbonyl (C=O) groups excluding carboxylic acids is 2. The summed E-state index contributed by atoms with van der Waals surface area (Å²) < 4.78 is 0. The summed E-state index contributed by atoms with van der Waals surface area (Å²) in [4.78, 5) is 18.4. The van der Waals surface area contributed by atoms with Crippen LogP contribution in [0.3, 0.4) is 0 Å². The summed E-state index contributed by atoms with van der Waals surface area (Å²) in [5, 5.41) is 0. The molecule has 0 bridgehead atoms. The Hall–Kier alpha value is -1.06. The van der Waals surface area contributed by atoms with Crippen molar-refractivity contribution in [1.29, 1.82) is 0 Å². The Balaban J connectivity index is 0. The maximum Gasteiger partial charge on any atom is 0.309 e. The highest BCUT2D eigenvalue weighted by atomic mass is 16.2. The molecule has 0 unspecified atom stereocenters. The van der Waals surface area contributed by atoms with E-state index < -0.39 is 6.03 Å². The van der Waals surface area contributed by atoms with E-state index in [1.54, 1.807) is 0 Å². The monoisotopic (exact) mass is 132 g/mol. The van der Waals surface area contributed by atoms with Gasteiger partial charge in [-0.1, -0.05) is 6.92 Å².